The van der Waals surface area contributed by atoms with Crippen molar-refractivity contribution >= 4 is 42.0 Å². The van der Waals surface area contributed by atoms with Crippen LogP contribution in [0.15, 0.2) is 12.1 Å². The van der Waals surface area contributed by atoms with Gasteiger partial charge in [0.25, 0.3) is 5.91 Å². The van der Waals surface area contributed by atoms with E-state index in [0.717, 1.165) is 6.42 Å². The summed E-state index contributed by atoms with van der Waals surface area (Å²) in [6, 6.07) is 2.78. The summed E-state index contributed by atoms with van der Waals surface area (Å²) in [6.45, 7) is 3.77. The summed E-state index contributed by atoms with van der Waals surface area (Å²) >= 11 is 11.4. The first-order valence-electron chi connectivity index (χ1n) is 7.35. The first kappa shape index (κ1) is 23.9. The minimum absolute atomic E-state index is 0. The van der Waals surface area contributed by atoms with Crippen molar-refractivity contribution < 1.29 is 50.9 Å². The molecule has 24 heavy (non-hydrogen) atoms. The van der Waals surface area contributed by atoms with E-state index in [1.165, 1.54) is 13.2 Å². The number of likely N-dealkylation sites (N-methyl/N-ethyl adjacent to an activating group) is 1. The van der Waals surface area contributed by atoms with Gasteiger partial charge in [-0.3, -0.25) is 4.79 Å². The molecule has 1 N–H and O–H groups in total. The maximum atomic E-state index is 12.7. The van der Waals surface area contributed by atoms with Crippen LogP contribution in [0.4, 0.5) is 5.69 Å². The zero-order valence-corrected chi connectivity index (χ0v) is 19.1. The van der Waals surface area contributed by atoms with Crippen LogP contribution in [0, 0.1) is 6.92 Å². The summed E-state index contributed by atoms with van der Waals surface area (Å²) in [5.41, 5.74) is 1.34. The number of quaternary nitrogens is 1. The summed E-state index contributed by atoms with van der Waals surface area (Å²) in [5.74, 6) is -0.771. The van der Waals surface area contributed by atoms with Gasteiger partial charge in [-0.1, -0.05) is 24.9 Å². The molecule has 0 heterocycles. The van der Waals surface area contributed by atoms with Gasteiger partial charge in [0.1, 0.15) is 0 Å². The number of nitrogens with one attached hydrogen (secondary N) is 1. The molecule has 0 aliphatic heterocycles. The Hall–Kier alpha value is -0.136. The quantitative estimate of drug-likeness (QED) is 0.414. The van der Waals surface area contributed by atoms with Gasteiger partial charge < -0.3 is 26.8 Å². The smallest absolute Gasteiger partial charge is 0.340 e. The van der Waals surface area contributed by atoms with Crippen LogP contribution in [0.5, 0.6) is 0 Å². The summed E-state index contributed by atoms with van der Waals surface area (Å²) in [5, 5.41) is 3.24. The van der Waals surface area contributed by atoms with Crippen molar-refractivity contribution in [2.75, 3.05) is 26.5 Å². The largest absolute Gasteiger partial charge is 0.494 e. The SMILES string of the molecule is CCCC(C(=O)Nc1c(C)cc(Cl)cc1C(=O)OC)[N+](C)(C)[S-].[Y]. The third-order valence-electron chi connectivity index (χ3n) is 3.57. The number of amides is 1. The number of methoxy groups -OCH3 is 1. The van der Waals surface area contributed by atoms with Crippen molar-refractivity contribution in [2.24, 2.45) is 0 Å². The van der Waals surface area contributed by atoms with Crippen molar-refractivity contribution in [3.05, 3.63) is 28.3 Å². The summed E-state index contributed by atoms with van der Waals surface area (Å²) in [7, 11) is 4.88. The maximum absolute atomic E-state index is 12.7. The van der Waals surface area contributed by atoms with E-state index in [9.17, 15) is 9.59 Å². The first-order valence-corrected chi connectivity index (χ1v) is 8.10. The van der Waals surface area contributed by atoms with Crippen LogP contribution in [0.3, 0.4) is 0 Å². The molecule has 1 rings (SSSR count). The second-order valence-electron chi connectivity index (χ2n) is 5.86. The number of carbonyl (C=O) groups is 2. The number of aryl methyl sites for hydroxylation is 1. The first-order chi connectivity index (χ1) is 10.6. The molecule has 0 fully saturated rings. The Morgan fingerprint density at radius 3 is 2.42 bits per heavy atom. The van der Waals surface area contributed by atoms with E-state index in [4.69, 9.17) is 29.2 Å². The molecule has 0 aromatic heterocycles. The molecule has 0 saturated carbocycles. The van der Waals surface area contributed by atoms with Crippen LogP contribution in [-0.2, 0) is 55.1 Å². The molecule has 1 atom stereocenters. The summed E-state index contributed by atoms with van der Waals surface area (Å²) < 4.78 is 4.87. The van der Waals surface area contributed by atoms with Gasteiger partial charge in [-0.25, -0.2) is 4.79 Å². The second kappa shape index (κ2) is 10.1. The average Bonchev–Trinajstić information content (AvgIpc) is 2.44. The molecule has 5 nitrogen and oxygen atoms in total. The van der Waals surface area contributed by atoms with Gasteiger partial charge >= 0.3 is 5.97 Å². The van der Waals surface area contributed by atoms with Crippen molar-refractivity contribution in [3.63, 3.8) is 0 Å². The fourth-order valence-corrected chi connectivity index (χ4v) is 2.86. The summed E-state index contributed by atoms with van der Waals surface area (Å²) in [6.07, 6.45) is 1.49. The number of anilines is 1. The van der Waals surface area contributed by atoms with E-state index in [1.54, 1.807) is 27.1 Å². The molecule has 1 radical (unpaired) electrons. The van der Waals surface area contributed by atoms with E-state index in [-0.39, 0.29) is 48.1 Å². The number of nitrogens with zero attached hydrogens (tertiary/aromatic N) is 1. The topological polar surface area (TPSA) is 55.4 Å². The number of hydrogen-bond donors (Lipinski definition) is 1. The normalized spacial score (nSPS) is 12.1. The van der Waals surface area contributed by atoms with Gasteiger partial charge in [-0.15, -0.1) is 0 Å². The van der Waals surface area contributed by atoms with Crippen LogP contribution in [0.2, 0.25) is 5.02 Å². The van der Waals surface area contributed by atoms with Crippen molar-refractivity contribution in [1.29, 1.82) is 0 Å². The molecule has 0 aliphatic rings. The fourth-order valence-electron chi connectivity index (χ4n) is 2.38. The number of carbonyl (C=O) groups excluding carboxylic acids is 2. The molecule has 8 heteroatoms. The van der Waals surface area contributed by atoms with Gasteiger partial charge in [-0.2, -0.15) is 0 Å². The Bertz CT molecular complexity index is 606. The molecule has 0 aliphatic carbocycles. The average molecular weight is 448 g/mol. The van der Waals surface area contributed by atoms with Gasteiger partial charge in [0.15, 0.2) is 6.04 Å². The van der Waals surface area contributed by atoms with E-state index in [1.807, 2.05) is 6.92 Å². The molecule has 131 valence electrons. The molecular weight excluding hydrogens is 425 g/mol. The maximum Gasteiger partial charge on any atom is 0.340 e. The number of hydrogen-bond acceptors (Lipinski definition) is 4. The predicted octanol–water partition coefficient (Wildman–Crippen LogP) is 3.08. The Kier molecular flexibility index (Phi) is 10.1. The number of halogens is 1. The van der Waals surface area contributed by atoms with E-state index in [0.29, 0.717) is 22.7 Å². The van der Waals surface area contributed by atoms with Crippen LogP contribution in [0.1, 0.15) is 35.7 Å². The minimum atomic E-state index is -0.551. The molecular formula is C16H23ClN2O3SY. The van der Waals surface area contributed by atoms with E-state index in [2.05, 4.69) is 5.32 Å². The number of benzene rings is 1. The molecule has 0 bridgehead atoms. The minimum Gasteiger partial charge on any atom is -0.494 e. The molecule has 1 aromatic rings. The monoisotopic (exact) mass is 447 g/mol. The van der Waals surface area contributed by atoms with Gasteiger partial charge in [0, 0.05) is 44.2 Å². The zero-order valence-electron chi connectivity index (χ0n) is 14.7. The van der Waals surface area contributed by atoms with E-state index < -0.39 is 12.0 Å². The second-order valence-corrected chi connectivity index (χ2v) is 7.24. The predicted molar refractivity (Wildman–Crippen MR) is 94.3 cm³/mol. The van der Waals surface area contributed by atoms with E-state index >= 15 is 0 Å². The Morgan fingerprint density at radius 1 is 1.38 bits per heavy atom. The Labute approximate surface area is 179 Å². The standard InChI is InChI=1S/C16H23ClN2O3S.Y/c1-6-7-13(19(3,4)23)15(20)18-14-10(2)8-11(17)9-12(14)16(21)22-5;/h8-9,13H,6-7H2,1-5H3,(H,18,20);. The fraction of sp³-hybridized carbons (Fsp3) is 0.500. The molecule has 0 spiro atoms. The van der Waals surface area contributed by atoms with Crippen LogP contribution in [0.25, 0.3) is 0 Å². The molecule has 1 amide bonds. The Balaban J connectivity index is 0.00000529. The van der Waals surface area contributed by atoms with Crippen molar-refractivity contribution in [3.8, 4) is 0 Å². The number of esters is 1. The summed E-state index contributed by atoms with van der Waals surface area (Å²) in [4.78, 5) is 24.6. The molecule has 1 unspecified atom stereocenters. The van der Waals surface area contributed by atoms with Crippen LogP contribution < -0.4 is 5.32 Å². The third kappa shape index (κ3) is 6.30. The van der Waals surface area contributed by atoms with Gasteiger partial charge in [-0.05, 0) is 24.6 Å². The van der Waals surface area contributed by atoms with Crippen LogP contribution >= 0.6 is 11.6 Å². The van der Waals surface area contributed by atoms with Crippen molar-refractivity contribution in [2.45, 2.75) is 32.7 Å². The van der Waals surface area contributed by atoms with Gasteiger partial charge in [0.05, 0.1) is 32.5 Å². The zero-order chi connectivity index (χ0) is 17.8. The third-order valence-corrected chi connectivity index (χ3v) is 4.04. The molecule has 1 aromatic carbocycles. The number of ether oxygens (including phenoxy) is 1. The van der Waals surface area contributed by atoms with Crippen LogP contribution in [-0.4, -0.2) is 43.0 Å². The number of rotatable bonds is 6. The molecule has 0 saturated heterocycles. The van der Waals surface area contributed by atoms with Crippen molar-refractivity contribution in [1.82, 2.24) is 0 Å². The van der Waals surface area contributed by atoms with Gasteiger partial charge in [0.2, 0.25) is 0 Å². The Morgan fingerprint density at radius 2 is 1.96 bits per heavy atom.